The quantitative estimate of drug-likeness (QED) is 0.738. The standard InChI is InChI=1S/C10H16N2O2/c1-6-7(14-5)8(13)12-9(11-6)10(2,3)4/h1-5H3,(H,11,12,13). The fourth-order valence-electron chi connectivity index (χ4n) is 1.17. The molecule has 0 saturated heterocycles. The van der Waals surface area contributed by atoms with E-state index in [0.717, 1.165) is 0 Å². The Kier molecular flexibility index (Phi) is 2.64. The first kappa shape index (κ1) is 10.8. The van der Waals surface area contributed by atoms with Crippen molar-refractivity contribution in [1.29, 1.82) is 0 Å². The largest absolute Gasteiger partial charge is 0.490 e. The molecule has 0 aliphatic rings. The van der Waals surface area contributed by atoms with Crippen LogP contribution in [0.25, 0.3) is 0 Å². The summed E-state index contributed by atoms with van der Waals surface area (Å²) in [6.07, 6.45) is 0. The van der Waals surface area contributed by atoms with Crippen LogP contribution in [0.2, 0.25) is 0 Å². The van der Waals surface area contributed by atoms with Gasteiger partial charge in [-0.15, -0.1) is 0 Å². The number of aryl methyl sites for hydroxylation is 1. The Morgan fingerprint density at radius 1 is 1.36 bits per heavy atom. The summed E-state index contributed by atoms with van der Waals surface area (Å²) in [6, 6.07) is 0. The van der Waals surface area contributed by atoms with Crippen LogP contribution < -0.4 is 10.3 Å². The van der Waals surface area contributed by atoms with Crippen LogP contribution in [0.1, 0.15) is 32.3 Å². The molecule has 0 radical (unpaired) electrons. The zero-order valence-corrected chi connectivity index (χ0v) is 9.26. The summed E-state index contributed by atoms with van der Waals surface area (Å²) in [5.74, 6) is 0.971. The molecule has 4 heteroatoms. The number of nitrogens with zero attached hydrogens (tertiary/aromatic N) is 1. The number of aromatic nitrogens is 2. The average molecular weight is 196 g/mol. The van der Waals surface area contributed by atoms with E-state index in [9.17, 15) is 4.79 Å². The number of nitrogens with one attached hydrogen (secondary N) is 1. The maximum Gasteiger partial charge on any atom is 0.293 e. The van der Waals surface area contributed by atoms with Gasteiger partial charge >= 0.3 is 0 Å². The number of rotatable bonds is 1. The SMILES string of the molecule is COc1c(C)nc(C(C)(C)C)[nH]c1=O. The van der Waals surface area contributed by atoms with Gasteiger partial charge < -0.3 is 9.72 Å². The molecule has 0 aromatic carbocycles. The third-order valence-electron chi connectivity index (χ3n) is 1.96. The van der Waals surface area contributed by atoms with Crippen molar-refractivity contribution >= 4 is 0 Å². The minimum Gasteiger partial charge on any atom is -0.490 e. The van der Waals surface area contributed by atoms with Crippen molar-refractivity contribution in [2.45, 2.75) is 33.1 Å². The van der Waals surface area contributed by atoms with Gasteiger partial charge in [-0.2, -0.15) is 0 Å². The first-order valence-electron chi connectivity index (χ1n) is 4.51. The van der Waals surface area contributed by atoms with E-state index >= 15 is 0 Å². The van der Waals surface area contributed by atoms with E-state index in [2.05, 4.69) is 9.97 Å². The molecule has 0 atom stereocenters. The number of methoxy groups -OCH3 is 1. The monoisotopic (exact) mass is 196 g/mol. The Morgan fingerprint density at radius 3 is 2.29 bits per heavy atom. The Bertz CT molecular complexity index is 388. The summed E-state index contributed by atoms with van der Waals surface area (Å²) >= 11 is 0. The van der Waals surface area contributed by atoms with Gasteiger partial charge in [-0.25, -0.2) is 4.98 Å². The molecule has 14 heavy (non-hydrogen) atoms. The average Bonchev–Trinajstić information content (AvgIpc) is 2.01. The third kappa shape index (κ3) is 1.95. The Labute approximate surface area is 83.3 Å². The molecule has 0 spiro atoms. The first-order valence-corrected chi connectivity index (χ1v) is 4.51. The Hall–Kier alpha value is -1.32. The topological polar surface area (TPSA) is 55.0 Å². The summed E-state index contributed by atoms with van der Waals surface area (Å²) in [5, 5.41) is 0. The highest BCUT2D eigenvalue weighted by molar-refractivity contribution is 5.24. The van der Waals surface area contributed by atoms with E-state index in [1.807, 2.05) is 20.8 Å². The van der Waals surface area contributed by atoms with Crippen molar-refractivity contribution < 1.29 is 4.74 Å². The molecule has 0 aliphatic heterocycles. The Morgan fingerprint density at radius 2 is 1.93 bits per heavy atom. The first-order chi connectivity index (χ1) is 6.36. The highest BCUT2D eigenvalue weighted by atomic mass is 16.5. The molecule has 78 valence electrons. The predicted octanol–water partition coefficient (Wildman–Crippen LogP) is 1.38. The number of aromatic amines is 1. The molecule has 1 heterocycles. The van der Waals surface area contributed by atoms with Gasteiger partial charge in [-0.1, -0.05) is 20.8 Å². The van der Waals surface area contributed by atoms with Gasteiger partial charge in [0.2, 0.25) is 5.75 Å². The second-order valence-electron chi connectivity index (χ2n) is 4.28. The van der Waals surface area contributed by atoms with Crippen molar-refractivity contribution in [2.24, 2.45) is 0 Å². The van der Waals surface area contributed by atoms with Gasteiger partial charge in [-0.05, 0) is 6.92 Å². The van der Waals surface area contributed by atoms with E-state index in [-0.39, 0.29) is 16.7 Å². The van der Waals surface area contributed by atoms with E-state index in [4.69, 9.17) is 4.74 Å². The molecule has 0 bridgehead atoms. The van der Waals surface area contributed by atoms with Crippen molar-refractivity contribution in [1.82, 2.24) is 9.97 Å². The zero-order chi connectivity index (χ0) is 10.9. The van der Waals surface area contributed by atoms with E-state index in [0.29, 0.717) is 11.5 Å². The minimum absolute atomic E-state index is 0.157. The van der Waals surface area contributed by atoms with E-state index in [1.165, 1.54) is 7.11 Å². The number of hydrogen-bond acceptors (Lipinski definition) is 3. The third-order valence-corrected chi connectivity index (χ3v) is 1.96. The van der Waals surface area contributed by atoms with Crippen LogP contribution in [0.4, 0.5) is 0 Å². The van der Waals surface area contributed by atoms with Crippen LogP contribution in [-0.4, -0.2) is 17.1 Å². The van der Waals surface area contributed by atoms with Crippen LogP contribution >= 0.6 is 0 Å². The highest BCUT2D eigenvalue weighted by Gasteiger charge is 2.19. The fourth-order valence-corrected chi connectivity index (χ4v) is 1.17. The van der Waals surface area contributed by atoms with Gasteiger partial charge in [0.1, 0.15) is 5.82 Å². The number of ether oxygens (including phenoxy) is 1. The van der Waals surface area contributed by atoms with Gasteiger partial charge in [-0.3, -0.25) is 4.79 Å². The molecule has 0 saturated carbocycles. The lowest BCUT2D eigenvalue weighted by Gasteiger charge is -2.17. The maximum atomic E-state index is 11.5. The minimum atomic E-state index is -0.218. The summed E-state index contributed by atoms with van der Waals surface area (Å²) in [5.41, 5.74) is 0.252. The molecular formula is C10H16N2O2. The molecular weight excluding hydrogens is 180 g/mol. The van der Waals surface area contributed by atoms with Gasteiger partial charge in [0, 0.05) is 5.41 Å². The number of hydrogen-bond donors (Lipinski definition) is 1. The second kappa shape index (κ2) is 3.44. The lowest BCUT2D eigenvalue weighted by atomic mass is 9.95. The maximum absolute atomic E-state index is 11.5. The molecule has 1 N–H and O–H groups in total. The van der Waals surface area contributed by atoms with Crippen LogP contribution in [-0.2, 0) is 5.41 Å². The van der Waals surface area contributed by atoms with Crippen molar-refractivity contribution in [3.8, 4) is 5.75 Å². The van der Waals surface area contributed by atoms with Crippen LogP contribution in [0.3, 0.4) is 0 Å². The normalized spacial score (nSPS) is 11.5. The van der Waals surface area contributed by atoms with E-state index < -0.39 is 0 Å². The van der Waals surface area contributed by atoms with Gasteiger partial charge in [0.25, 0.3) is 5.56 Å². The lowest BCUT2D eigenvalue weighted by Crippen LogP contribution is -2.23. The Balaban J connectivity index is 3.36. The number of H-pyrrole nitrogens is 1. The molecule has 0 aliphatic carbocycles. The summed E-state index contributed by atoms with van der Waals surface area (Å²) < 4.78 is 4.94. The summed E-state index contributed by atoms with van der Waals surface area (Å²) in [7, 11) is 1.47. The molecule has 1 rings (SSSR count). The van der Waals surface area contributed by atoms with Crippen LogP contribution in [0.15, 0.2) is 4.79 Å². The smallest absolute Gasteiger partial charge is 0.293 e. The fraction of sp³-hybridized carbons (Fsp3) is 0.600. The lowest BCUT2D eigenvalue weighted by molar-refractivity contribution is 0.398. The van der Waals surface area contributed by atoms with Crippen molar-refractivity contribution in [3.63, 3.8) is 0 Å². The predicted molar refractivity (Wildman–Crippen MR) is 54.8 cm³/mol. The highest BCUT2D eigenvalue weighted by Crippen LogP contribution is 2.18. The molecule has 0 amide bonds. The van der Waals surface area contributed by atoms with Crippen LogP contribution in [0, 0.1) is 6.92 Å². The zero-order valence-electron chi connectivity index (χ0n) is 9.26. The van der Waals surface area contributed by atoms with Gasteiger partial charge in [0.05, 0.1) is 12.8 Å². The molecule has 1 aromatic rings. The van der Waals surface area contributed by atoms with Gasteiger partial charge in [0.15, 0.2) is 0 Å². The van der Waals surface area contributed by atoms with E-state index in [1.54, 1.807) is 6.92 Å². The molecule has 4 nitrogen and oxygen atoms in total. The van der Waals surface area contributed by atoms with Crippen molar-refractivity contribution in [3.05, 3.63) is 21.9 Å². The van der Waals surface area contributed by atoms with Crippen molar-refractivity contribution in [2.75, 3.05) is 7.11 Å². The molecule has 0 unspecified atom stereocenters. The molecule has 1 aromatic heterocycles. The summed E-state index contributed by atoms with van der Waals surface area (Å²) in [6.45, 7) is 7.76. The molecule has 0 fully saturated rings. The van der Waals surface area contributed by atoms with Crippen LogP contribution in [0.5, 0.6) is 5.75 Å². The summed E-state index contributed by atoms with van der Waals surface area (Å²) in [4.78, 5) is 18.5. The second-order valence-corrected chi connectivity index (χ2v) is 4.28.